The number of rotatable bonds is 12. The first-order valence-electron chi connectivity index (χ1n) is 10.2. The summed E-state index contributed by atoms with van der Waals surface area (Å²) < 4.78 is 10.8. The van der Waals surface area contributed by atoms with Gasteiger partial charge in [-0.05, 0) is 49.6 Å². The number of hydrogen-bond acceptors (Lipinski definition) is 4. The summed E-state index contributed by atoms with van der Waals surface area (Å²) in [7, 11) is 0. The molecule has 3 N–H and O–H groups in total. The third-order valence-electron chi connectivity index (χ3n) is 4.03. The van der Waals surface area contributed by atoms with Crippen molar-refractivity contribution in [3.63, 3.8) is 0 Å². The normalized spacial score (nSPS) is 10.9. The number of carbonyl (C=O) groups is 1. The second-order valence-electron chi connectivity index (χ2n) is 6.61. The number of benzene rings is 1. The molecule has 1 heterocycles. The predicted molar refractivity (Wildman–Crippen MR) is 131 cm³/mol. The van der Waals surface area contributed by atoms with Crippen molar-refractivity contribution in [1.29, 1.82) is 0 Å². The number of carbonyl (C=O) groups excluding carboxylic acids is 1. The van der Waals surface area contributed by atoms with Gasteiger partial charge in [0.1, 0.15) is 12.4 Å². The van der Waals surface area contributed by atoms with Crippen molar-refractivity contribution in [1.82, 2.24) is 10.6 Å². The van der Waals surface area contributed by atoms with Crippen LogP contribution in [0.15, 0.2) is 52.1 Å². The van der Waals surface area contributed by atoms with Gasteiger partial charge in [-0.25, -0.2) is 4.99 Å². The minimum absolute atomic E-state index is 0. The Morgan fingerprint density at radius 3 is 2.77 bits per heavy atom. The molecule has 0 saturated heterocycles. The molecule has 0 aliphatic carbocycles. The van der Waals surface area contributed by atoms with Crippen LogP contribution in [0.3, 0.4) is 0 Å². The second kappa shape index (κ2) is 15.7. The van der Waals surface area contributed by atoms with Crippen LogP contribution in [0.25, 0.3) is 0 Å². The molecule has 2 aromatic rings. The van der Waals surface area contributed by atoms with Gasteiger partial charge < -0.3 is 25.1 Å². The first-order valence-corrected chi connectivity index (χ1v) is 10.2. The molecule has 0 spiro atoms. The average molecular weight is 528 g/mol. The third kappa shape index (κ3) is 10.6. The fourth-order valence-corrected chi connectivity index (χ4v) is 2.66. The summed E-state index contributed by atoms with van der Waals surface area (Å²) in [6.45, 7) is 7.24. The number of hydrogen-bond donors (Lipinski definition) is 3. The largest absolute Gasteiger partial charge is 0.467 e. The Bertz CT molecular complexity index is 751. The maximum Gasteiger partial charge on any atom is 0.224 e. The molecule has 0 aliphatic rings. The zero-order valence-electron chi connectivity index (χ0n) is 17.8. The number of nitrogens with one attached hydrogen (secondary N) is 3. The van der Waals surface area contributed by atoms with Crippen LogP contribution in [0.1, 0.15) is 44.4 Å². The minimum Gasteiger partial charge on any atom is -0.467 e. The van der Waals surface area contributed by atoms with E-state index in [1.165, 1.54) is 0 Å². The molecule has 30 heavy (non-hydrogen) atoms. The summed E-state index contributed by atoms with van der Waals surface area (Å²) in [6, 6.07) is 11.6. The highest BCUT2D eigenvalue weighted by molar-refractivity contribution is 14.0. The van der Waals surface area contributed by atoms with E-state index in [-0.39, 0.29) is 29.9 Å². The van der Waals surface area contributed by atoms with Gasteiger partial charge in [-0.2, -0.15) is 0 Å². The maximum absolute atomic E-state index is 11.8. The van der Waals surface area contributed by atoms with E-state index >= 15 is 0 Å². The highest BCUT2D eigenvalue weighted by Gasteiger charge is 2.03. The molecule has 0 aliphatic heterocycles. The molecular weight excluding hydrogens is 495 g/mol. The van der Waals surface area contributed by atoms with Crippen molar-refractivity contribution in [2.75, 3.05) is 25.0 Å². The summed E-state index contributed by atoms with van der Waals surface area (Å²) in [5.74, 6) is 1.64. The number of guanidine groups is 1. The number of furan rings is 1. The smallest absolute Gasteiger partial charge is 0.224 e. The number of halogens is 1. The van der Waals surface area contributed by atoms with Gasteiger partial charge in [-0.3, -0.25) is 4.79 Å². The lowest BCUT2D eigenvalue weighted by Gasteiger charge is -2.12. The number of amides is 1. The Hall–Kier alpha value is -2.07. The van der Waals surface area contributed by atoms with Gasteiger partial charge in [0.25, 0.3) is 0 Å². The molecule has 0 fully saturated rings. The van der Waals surface area contributed by atoms with Gasteiger partial charge in [0.05, 0.1) is 12.8 Å². The fraction of sp³-hybridized carbons (Fsp3) is 0.455. The summed E-state index contributed by atoms with van der Waals surface area (Å²) in [4.78, 5) is 16.4. The molecule has 8 heteroatoms. The molecule has 2 rings (SSSR count). The van der Waals surface area contributed by atoms with E-state index in [0.717, 1.165) is 48.9 Å². The molecule has 0 atom stereocenters. The van der Waals surface area contributed by atoms with E-state index in [1.54, 1.807) is 6.26 Å². The van der Waals surface area contributed by atoms with E-state index < -0.39 is 0 Å². The number of anilines is 1. The monoisotopic (exact) mass is 528 g/mol. The van der Waals surface area contributed by atoms with E-state index in [9.17, 15) is 4.79 Å². The van der Waals surface area contributed by atoms with Crippen molar-refractivity contribution < 1.29 is 13.9 Å². The molecule has 7 nitrogen and oxygen atoms in total. The zero-order chi connectivity index (χ0) is 20.7. The Labute approximate surface area is 196 Å². The molecule has 0 unspecified atom stereocenters. The van der Waals surface area contributed by atoms with E-state index in [0.29, 0.717) is 26.2 Å². The van der Waals surface area contributed by atoms with Crippen molar-refractivity contribution in [3.05, 3.63) is 54.0 Å². The van der Waals surface area contributed by atoms with Crippen molar-refractivity contribution in [3.8, 4) is 0 Å². The topological polar surface area (TPSA) is 87.9 Å². The minimum atomic E-state index is 0. The lowest BCUT2D eigenvalue weighted by molar-refractivity contribution is -0.116. The van der Waals surface area contributed by atoms with Crippen LogP contribution in [-0.2, 0) is 22.7 Å². The SMILES string of the molecule is CCCC(=O)Nc1cccc(CN=C(NCC)NCCCOCc2ccco2)c1.I. The van der Waals surface area contributed by atoms with Crippen LogP contribution in [0.2, 0.25) is 0 Å². The first kappa shape index (κ1) is 26.0. The molecule has 166 valence electrons. The van der Waals surface area contributed by atoms with Crippen LogP contribution < -0.4 is 16.0 Å². The lowest BCUT2D eigenvalue weighted by atomic mass is 10.2. The molecule has 0 saturated carbocycles. The van der Waals surface area contributed by atoms with Crippen molar-refractivity contribution >= 4 is 41.5 Å². The molecular formula is C22H33IN4O3. The lowest BCUT2D eigenvalue weighted by Crippen LogP contribution is -2.38. The molecule has 1 amide bonds. The Kier molecular flexibility index (Phi) is 13.6. The van der Waals surface area contributed by atoms with Crippen LogP contribution >= 0.6 is 24.0 Å². The summed E-state index contributed by atoms with van der Waals surface area (Å²) in [5.41, 5.74) is 1.85. The van der Waals surface area contributed by atoms with E-state index in [2.05, 4.69) is 20.9 Å². The number of nitrogens with zero attached hydrogens (tertiary/aromatic N) is 1. The van der Waals surface area contributed by atoms with Crippen LogP contribution in [0.4, 0.5) is 5.69 Å². The predicted octanol–water partition coefficient (Wildman–Crippen LogP) is 4.30. The second-order valence-corrected chi connectivity index (χ2v) is 6.61. The molecule has 0 bridgehead atoms. The Balaban J connectivity index is 0.00000450. The van der Waals surface area contributed by atoms with Gasteiger partial charge >= 0.3 is 0 Å². The molecule has 1 aromatic carbocycles. The van der Waals surface area contributed by atoms with Gasteiger partial charge in [0, 0.05) is 31.8 Å². The van der Waals surface area contributed by atoms with Crippen LogP contribution in [0, 0.1) is 0 Å². The Morgan fingerprint density at radius 1 is 1.17 bits per heavy atom. The highest BCUT2D eigenvalue weighted by Crippen LogP contribution is 2.12. The van der Waals surface area contributed by atoms with Gasteiger partial charge in [-0.15, -0.1) is 24.0 Å². The average Bonchev–Trinajstić information content (AvgIpc) is 3.22. The number of aliphatic imine (C=N–C) groups is 1. The van der Waals surface area contributed by atoms with Gasteiger partial charge in [0.15, 0.2) is 5.96 Å². The highest BCUT2D eigenvalue weighted by atomic mass is 127. The number of ether oxygens (including phenoxy) is 1. The van der Waals surface area contributed by atoms with Crippen molar-refractivity contribution in [2.45, 2.75) is 46.3 Å². The standard InChI is InChI=1S/C22H32N4O3.HI/c1-3-8-21(27)26-19-10-5-9-18(15-19)16-25-22(23-4-2)24-12-7-13-28-17-20-11-6-14-29-20;/h5-6,9-11,14-15H,3-4,7-8,12-13,16-17H2,1-2H3,(H,26,27)(H2,23,24,25);1H. The fourth-order valence-electron chi connectivity index (χ4n) is 2.66. The summed E-state index contributed by atoms with van der Waals surface area (Å²) in [5, 5.41) is 9.48. The van der Waals surface area contributed by atoms with E-state index in [4.69, 9.17) is 9.15 Å². The third-order valence-corrected chi connectivity index (χ3v) is 4.03. The zero-order valence-corrected chi connectivity index (χ0v) is 20.1. The van der Waals surface area contributed by atoms with E-state index in [1.807, 2.05) is 50.2 Å². The molecule has 1 aromatic heterocycles. The quantitative estimate of drug-likeness (QED) is 0.166. The first-order chi connectivity index (χ1) is 14.2. The molecule has 0 radical (unpaired) electrons. The summed E-state index contributed by atoms with van der Waals surface area (Å²) in [6.07, 6.45) is 3.88. The Morgan fingerprint density at radius 2 is 2.03 bits per heavy atom. The maximum atomic E-state index is 11.8. The van der Waals surface area contributed by atoms with Crippen molar-refractivity contribution in [2.24, 2.45) is 4.99 Å². The van der Waals surface area contributed by atoms with Gasteiger partial charge in [0.2, 0.25) is 5.91 Å². The van der Waals surface area contributed by atoms with Crippen LogP contribution in [-0.4, -0.2) is 31.6 Å². The van der Waals surface area contributed by atoms with Gasteiger partial charge in [-0.1, -0.05) is 19.1 Å². The van der Waals surface area contributed by atoms with Crippen LogP contribution in [0.5, 0.6) is 0 Å². The summed E-state index contributed by atoms with van der Waals surface area (Å²) >= 11 is 0.